The summed E-state index contributed by atoms with van der Waals surface area (Å²) in [5.41, 5.74) is 8.10. The topological polar surface area (TPSA) is 119 Å². The predicted molar refractivity (Wildman–Crippen MR) is 75.8 cm³/mol. The van der Waals surface area contributed by atoms with Crippen LogP contribution in [0.4, 0.5) is 17.3 Å². The van der Waals surface area contributed by atoms with E-state index in [0.717, 1.165) is 6.33 Å². The van der Waals surface area contributed by atoms with Crippen molar-refractivity contribution in [2.24, 2.45) is 5.10 Å². The second-order valence-corrected chi connectivity index (χ2v) is 4.01. The second-order valence-electron chi connectivity index (χ2n) is 3.60. The van der Waals surface area contributed by atoms with Gasteiger partial charge in [-0.1, -0.05) is 29.8 Å². The molecule has 0 aliphatic carbocycles. The minimum absolute atomic E-state index is 0.0918. The van der Waals surface area contributed by atoms with Gasteiger partial charge in [0.25, 0.3) is 0 Å². The van der Waals surface area contributed by atoms with Crippen molar-refractivity contribution < 1.29 is 4.92 Å². The highest BCUT2D eigenvalue weighted by Crippen LogP contribution is 2.26. The molecule has 0 bridgehead atoms. The molecular weight excluding hydrogens is 284 g/mol. The molecule has 0 unspecified atom stereocenters. The molecule has 0 aliphatic heterocycles. The Morgan fingerprint density at radius 3 is 2.85 bits per heavy atom. The van der Waals surface area contributed by atoms with Gasteiger partial charge in [0.2, 0.25) is 11.6 Å². The summed E-state index contributed by atoms with van der Waals surface area (Å²) in [6, 6.07) is 7.02. The first-order valence-electron chi connectivity index (χ1n) is 5.38. The normalized spacial score (nSPS) is 10.7. The zero-order valence-electron chi connectivity index (χ0n) is 10.0. The number of rotatable bonds is 4. The average Bonchev–Trinajstić information content (AvgIpc) is 2.40. The van der Waals surface area contributed by atoms with E-state index in [0.29, 0.717) is 10.6 Å². The van der Waals surface area contributed by atoms with E-state index >= 15 is 0 Å². The summed E-state index contributed by atoms with van der Waals surface area (Å²) in [4.78, 5) is 17.5. The van der Waals surface area contributed by atoms with Crippen molar-refractivity contribution >= 4 is 35.1 Å². The Balaban J connectivity index is 2.22. The molecule has 1 aromatic carbocycles. The number of benzene rings is 1. The maximum Gasteiger partial charge on any atom is 0.354 e. The molecule has 2 rings (SSSR count). The number of hydrazone groups is 1. The Labute approximate surface area is 118 Å². The summed E-state index contributed by atoms with van der Waals surface area (Å²) in [7, 11) is 0. The molecule has 0 aliphatic rings. The molecule has 0 saturated carbocycles. The van der Waals surface area contributed by atoms with Crippen LogP contribution >= 0.6 is 11.6 Å². The minimum Gasteiger partial charge on any atom is -0.378 e. The number of aromatic nitrogens is 2. The monoisotopic (exact) mass is 292 g/mol. The molecule has 2 aromatic rings. The van der Waals surface area contributed by atoms with Gasteiger partial charge in [0.05, 0.1) is 11.1 Å². The summed E-state index contributed by atoms with van der Waals surface area (Å²) in [6.07, 6.45) is 2.53. The van der Waals surface area contributed by atoms with Gasteiger partial charge in [-0.25, -0.2) is 9.97 Å². The average molecular weight is 293 g/mol. The number of anilines is 2. The van der Waals surface area contributed by atoms with E-state index < -0.39 is 10.6 Å². The standard InChI is InChI=1S/C11H9ClN6O2/c12-8-4-2-1-3-7(8)5-16-17-11-9(18(19)20)10(13)14-6-15-11/h1-6H,(H3,13,14,15,17)/b16-5-. The van der Waals surface area contributed by atoms with Gasteiger partial charge in [-0.15, -0.1) is 0 Å². The molecule has 0 radical (unpaired) electrons. The first-order chi connectivity index (χ1) is 9.59. The summed E-state index contributed by atoms with van der Waals surface area (Å²) in [5.74, 6) is -0.328. The van der Waals surface area contributed by atoms with Crippen LogP contribution < -0.4 is 11.2 Å². The van der Waals surface area contributed by atoms with Crippen LogP contribution in [0.5, 0.6) is 0 Å². The third-order valence-corrected chi connectivity index (χ3v) is 2.66. The number of nitrogens with one attached hydrogen (secondary N) is 1. The minimum atomic E-state index is -0.678. The van der Waals surface area contributed by atoms with Gasteiger partial charge in [0, 0.05) is 10.6 Å². The van der Waals surface area contributed by atoms with Gasteiger partial charge in [-0.05, 0) is 6.07 Å². The largest absolute Gasteiger partial charge is 0.378 e. The molecule has 102 valence electrons. The van der Waals surface area contributed by atoms with Crippen LogP contribution in [-0.2, 0) is 0 Å². The summed E-state index contributed by atoms with van der Waals surface area (Å²) < 4.78 is 0. The van der Waals surface area contributed by atoms with Crippen molar-refractivity contribution in [1.82, 2.24) is 9.97 Å². The molecular formula is C11H9ClN6O2. The highest BCUT2D eigenvalue weighted by atomic mass is 35.5. The fourth-order valence-corrected chi connectivity index (χ4v) is 1.58. The third-order valence-electron chi connectivity index (χ3n) is 2.31. The molecule has 1 aromatic heterocycles. The SMILES string of the molecule is Nc1ncnc(N/N=C\c2ccccc2Cl)c1[N+](=O)[O-]. The zero-order valence-corrected chi connectivity index (χ0v) is 10.8. The lowest BCUT2D eigenvalue weighted by Gasteiger charge is -2.02. The lowest BCUT2D eigenvalue weighted by molar-refractivity contribution is -0.383. The van der Waals surface area contributed by atoms with Gasteiger partial charge in [-0.2, -0.15) is 5.10 Å². The van der Waals surface area contributed by atoms with E-state index in [4.69, 9.17) is 17.3 Å². The molecule has 0 amide bonds. The molecule has 0 atom stereocenters. The molecule has 1 heterocycles. The van der Waals surface area contributed by atoms with Crippen molar-refractivity contribution in [1.29, 1.82) is 0 Å². The van der Waals surface area contributed by atoms with E-state index in [1.165, 1.54) is 6.21 Å². The number of halogens is 1. The first kappa shape index (κ1) is 13.7. The summed E-state index contributed by atoms with van der Waals surface area (Å²) in [5, 5.41) is 15.2. The van der Waals surface area contributed by atoms with Gasteiger partial charge in [-0.3, -0.25) is 15.5 Å². The molecule has 9 heteroatoms. The molecule has 3 N–H and O–H groups in total. The molecule has 0 spiro atoms. The molecule has 8 nitrogen and oxygen atoms in total. The first-order valence-corrected chi connectivity index (χ1v) is 5.76. The maximum absolute atomic E-state index is 10.9. The van der Waals surface area contributed by atoms with E-state index in [9.17, 15) is 10.1 Å². The van der Waals surface area contributed by atoms with E-state index in [1.807, 2.05) is 0 Å². The van der Waals surface area contributed by atoms with Crippen molar-refractivity contribution in [3.8, 4) is 0 Å². The number of hydrogen-bond donors (Lipinski definition) is 2. The van der Waals surface area contributed by atoms with Crippen LogP contribution in [0.3, 0.4) is 0 Å². The highest BCUT2D eigenvalue weighted by molar-refractivity contribution is 6.33. The molecule has 0 saturated heterocycles. The molecule has 20 heavy (non-hydrogen) atoms. The van der Waals surface area contributed by atoms with Crippen LogP contribution in [0.1, 0.15) is 5.56 Å². The lowest BCUT2D eigenvalue weighted by atomic mass is 10.2. The second kappa shape index (κ2) is 5.93. The van der Waals surface area contributed by atoms with Crippen LogP contribution in [0.25, 0.3) is 0 Å². The fraction of sp³-hybridized carbons (Fsp3) is 0. The number of nitrogen functional groups attached to an aromatic ring is 1. The Morgan fingerprint density at radius 1 is 1.40 bits per heavy atom. The van der Waals surface area contributed by atoms with Crippen LogP contribution in [0, 0.1) is 10.1 Å². The third kappa shape index (κ3) is 2.98. The van der Waals surface area contributed by atoms with Gasteiger partial charge in [0.1, 0.15) is 6.33 Å². The Hall–Kier alpha value is -2.74. The predicted octanol–water partition coefficient (Wildman–Crippen LogP) is 2.07. The van der Waals surface area contributed by atoms with E-state index in [1.54, 1.807) is 24.3 Å². The van der Waals surface area contributed by atoms with E-state index in [-0.39, 0.29) is 11.6 Å². The zero-order chi connectivity index (χ0) is 14.5. The number of nitrogens with two attached hydrogens (primary N) is 1. The van der Waals surface area contributed by atoms with Crippen LogP contribution in [0.2, 0.25) is 5.02 Å². The summed E-state index contributed by atoms with van der Waals surface area (Å²) >= 11 is 5.94. The maximum atomic E-state index is 10.9. The van der Waals surface area contributed by atoms with Gasteiger partial charge >= 0.3 is 5.69 Å². The van der Waals surface area contributed by atoms with Gasteiger partial charge in [0.15, 0.2) is 0 Å². The Morgan fingerprint density at radius 2 is 2.15 bits per heavy atom. The Bertz CT molecular complexity index is 676. The van der Waals surface area contributed by atoms with Crippen molar-refractivity contribution in [3.05, 3.63) is 51.3 Å². The van der Waals surface area contributed by atoms with Crippen molar-refractivity contribution in [2.45, 2.75) is 0 Å². The van der Waals surface area contributed by atoms with E-state index in [2.05, 4.69) is 20.5 Å². The quantitative estimate of drug-likeness (QED) is 0.505. The number of hydrogen-bond acceptors (Lipinski definition) is 7. The Kier molecular flexibility index (Phi) is 4.06. The van der Waals surface area contributed by atoms with Crippen LogP contribution in [-0.4, -0.2) is 21.1 Å². The van der Waals surface area contributed by atoms with Gasteiger partial charge < -0.3 is 5.73 Å². The lowest BCUT2D eigenvalue weighted by Crippen LogP contribution is -2.04. The van der Waals surface area contributed by atoms with Crippen molar-refractivity contribution in [3.63, 3.8) is 0 Å². The summed E-state index contributed by atoms with van der Waals surface area (Å²) in [6.45, 7) is 0. The number of nitrogens with zero attached hydrogens (tertiary/aromatic N) is 4. The highest BCUT2D eigenvalue weighted by Gasteiger charge is 2.20. The number of nitro groups is 1. The van der Waals surface area contributed by atoms with Crippen molar-refractivity contribution in [2.75, 3.05) is 11.2 Å². The van der Waals surface area contributed by atoms with Crippen LogP contribution in [0.15, 0.2) is 35.7 Å². The fourth-order valence-electron chi connectivity index (χ4n) is 1.40. The smallest absolute Gasteiger partial charge is 0.354 e. The molecule has 0 fully saturated rings.